The van der Waals surface area contributed by atoms with Crippen molar-refractivity contribution in [1.82, 2.24) is 4.98 Å². The third kappa shape index (κ3) is 5.08. The van der Waals surface area contributed by atoms with E-state index in [0.717, 1.165) is 34.3 Å². The van der Waals surface area contributed by atoms with Gasteiger partial charge in [-0.3, -0.25) is 4.98 Å². The average Bonchev–Trinajstić information content (AvgIpc) is 2.83. The average molecular weight is 498 g/mol. The largest absolute Gasteiger partial charge is 0.508 e. The molecule has 4 heterocycles. The van der Waals surface area contributed by atoms with Crippen molar-refractivity contribution in [2.45, 2.75) is 84.2 Å². The second-order valence-electron chi connectivity index (χ2n) is 13.9. The zero-order chi connectivity index (χ0) is 26.6. The highest BCUT2D eigenvalue weighted by Gasteiger charge is 2.51. The Labute approximate surface area is 223 Å². The quantitative estimate of drug-likeness (QED) is 0.289. The molecular formula is C34H45N2O+. The van der Waals surface area contributed by atoms with Gasteiger partial charge in [0, 0.05) is 42.3 Å². The van der Waals surface area contributed by atoms with Crippen LogP contribution in [0.5, 0.6) is 5.75 Å². The predicted molar refractivity (Wildman–Crippen MR) is 155 cm³/mol. The predicted octanol–water partition coefficient (Wildman–Crippen LogP) is 7.69. The first-order valence-electron chi connectivity index (χ1n) is 14.1. The van der Waals surface area contributed by atoms with Gasteiger partial charge >= 0.3 is 0 Å². The normalized spacial score (nSPS) is 25.9. The van der Waals surface area contributed by atoms with Gasteiger partial charge in [0.15, 0.2) is 0 Å². The van der Waals surface area contributed by atoms with Gasteiger partial charge in [0.2, 0.25) is 0 Å². The molecular weight excluding hydrogens is 452 g/mol. The van der Waals surface area contributed by atoms with E-state index in [-0.39, 0.29) is 10.8 Å². The van der Waals surface area contributed by atoms with Crippen molar-refractivity contribution in [3.63, 3.8) is 0 Å². The molecule has 0 aliphatic carbocycles. The van der Waals surface area contributed by atoms with Crippen LogP contribution in [0.3, 0.4) is 0 Å². The summed E-state index contributed by atoms with van der Waals surface area (Å²) >= 11 is 0. The van der Waals surface area contributed by atoms with Crippen molar-refractivity contribution in [3.8, 4) is 5.75 Å². The fraction of sp³-hybridized carbons (Fsp3) is 0.500. The van der Waals surface area contributed by atoms with Crippen LogP contribution in [0.4, 0.5) is 0 Å². The Morgan fingerprint density at radius 1 is 1.00 bits per heavy atom. The van der Waals surface area contributed by atoms with Gasteiger partial charge in [-0.2, -0.15) is 0 Å². The third-order valence-electron chi connectivity index (χ3n) is 9.27. The van der Waals surface area contributed by atoms with E-state index in [4.69, 9.17) is 0 Å². The number of hydrogen-bond acceptors (Lipinski definition) is 2. The highest BCUT2D eigenvalue weighted by molar-refractivity contribution is 5.83. The number of piperidine rings is 3. The summed E-state index contributed by atoms with van der Waals surface area (Å²) in [6.07, 6.45) is 7.72. The topological polar surface area (TPSA) is 33.1 Å². The molecule has 0 radical (unpaired) electrons. The molecule has 4 unspecified atom stereocenters. The van der Waals surface area contributed by atoms with Crippen LogP contribution in [-0.2, 0) is 23.8 Å². The molecule has 3 aliphatic rings. The van der Waals surface area contributed by atoms with Crippen LogP contribution < -0.4 is 0 Å². The molecule has 6 rings (SSSR count). The van der Waals surface area contributed by atoms with E-state index in [9.17, 15) is 5.11 Å². The van der Waals surface area contributed by atoms with Gasteiger partial charge in [0.25, 0.3) is 0 Å². The summed E-state index contributed by atoms with van der Waals surface area (Å²) < 4.78 is 1.13. The van der Waals surface area contributed by atoms with E-state index in [1.54, 1.807) is 6.07 Å². The monoisotopic (exact) mass is 497 g/mol. The molecule has 1 aromatic heterocycles. The van der Waals surface area contributed by atoms with Crippen LogP contribution in [0, 0.1) is 11.8 Å². The molecule has 196 valence electrons. The molecule has 3 aliphatic heterocycles. The van der Waals surface area contributed by atoms with Crippen LogP contribution >= 0.6 is 0 Å². The van der Waals surface area contributed by atoms with E-state index in [2.05, 4.69) is 83.4 Å². The zero-order valence-electron chi connectivity index (χ0n) is 23.7. The Kier molecular flexibility index (Phi) is 6.51. The second-order valence-corrected chi connectivity index (χ2v) is 13.9. The maximum atomic E-state index is 10.2. The number of hydrogen-bond donors (Lipinski definition) is 1. The Balaban J connectivity index is 1.56. The van der Waals surface area contributed by atoms with Crippen molar-refractivity contribution in [1.29, 1.82) is 0 Å². The summed E-state index contributed by atoms with van der Waals surface area (Å²) in [6.45, 7) is 21.7. The Morgan fingerprint density at radius 3 is 2.35 bits per heavy atom. The fourth-order valence-electron chi connectivity index (χ4n) is 6.95. The van der Waals surface area contributed by atoms with Gasteiger partial charge in [-0.05, 0) is 69.8 Å². The number of quaternary nitrogens is 1. The van der Waals surface area contributed by atoms with Crippen molar-refractivity contribution in [2.24, 2.45) is 11.8 Å². The third-order valence-corrected chi connectivity index (χ3v) is 9.27. The molecule has 3 aromatic rings. The van der Waals surface area contributed by atoms with Crippen molar-refractivity contribution < 1.29 is 9.59 Å². The standard InChI is InChI=1S/C34H44N2O/c1-8-24-22-36(21-23-15-27(33(2,3)4)19-28(16-23)34(5,6)7)14-12-25(24)17-29(36)18-26-11-13-35-32-10-9-30(37)20-31(26)32/h8-11,13,15-16,19-20,24-25,29H,1,12,14,17-18,21-22H2,2-7H3/p+1. The number of pyridine rings is 1. The van der Waals surface area contributed by atoms with Gasteiger partial charge < -0.3 is 9.59 Å². The van der Waals surface area contributed by atoms with E-state index in [1.807, 2.05) is 18.3 Å². The summed E-state index contributed by atoms with van der Waals surface area (Å²) in [4.78, 5) is 4.57. The highest BCUT2D eigenvalue weighted by Crippen LogP contribution is 2.45. The summed E-state index contributed by atoms with van der Waals surface area (Å²) in [7, 11) is 0. The molecule has 0 saturated carbocycles. The number of rotatable bonds is 5. The number of fused-ring (bicyclic) bond motifs is 4. The van der Waals surface area contributed by atoms with Crippen LogP contribution in [0.2, 0.25) is 0 Å². The zero-order valence-corrected chi connectivity index (χ0v) is 23.7. The van der Waals surface area contributed by atoms with Crippen LogP contribution in [0.25, 0.3) is 10.9 Å². The number of nitrogens with zero attached hydrogens (tertiary/aromatic N) is 2. The van der Waals surface area contributed by atoms with Gasteiger partial charge in [0.1, 0.15) is 12.3 Å². The maximum Gasteiger partial charge on any atom is 0.116 e. The maximum absolute atomic E-state index is 10.2. The Morgan fingerprint density at radius 2 is 1.70 bits per heavy atom. The van der Waals surface area contributed by atoms with Gasteiger partial charge in [0.05, 0.1) is 24.6 Å². The molecule has 0 spiro atoms. The molecule has 37 heavy (non-hydrogen) atoms. The minimum atomic E-state index is 0.117. The lowest BCUT2D eigenvalue weighted by molar-refractivity contribution is -0.981. The van der Waals surface area contributed by atoms with Crippen molar-refractivity contribution >= 4 is 10.9 Å². The highest BCUT2D eigenvalue weighted by atomic mass is 16.3. The van der Waals surface area contributed by atoms with E-state index < -0.39 is 0 Å². The minimum Gasteiger partial charge on any atom is -0.508 e. The Hall–Kier alpha value is -2.65. The summed E-state index contributed by atoms with van der Waals surface area (Å²) in [5.41, 5.74) is 6.86. The van der Waals surface area contributed by atoms with Crippen molar-refractivity contribution in [3.05, 3.63) is 83.6 Å². The Bertz CT molecular complexity index is 1280. The number of phenols is 1. The molecule has 1 N–H and O–H groups in total. The first-order valence-corrected chi connectivity index (χ1v) is 14.1. The van der Waals surface area contributed by atoms with Gasteiger partial charge in [-0.15, -0.1) is 6.58 Å². The SMILES string of the molecule is C=CC1C[N+]2(Cc3cc(C(C)(C)C)cc(C(C)(C)C)c3)CCC1CC2Cc1ccnc2ccc(O)cc12. The summed E-state index contributed by atoms with van der Waals surface area (Å²) in [5.74, 6) is 1.64. The van der Waals surface area contributed by atoms with Crippen LogP contribution in [0.15, 0.2) is 61.3 Å². The van der Waals surface area contributed by atoms with Crippen molar-refractivity contribution in [2.75, 3.05) is 13.1 Å². The number of aromatic hydroxyl groups is 1. The van der Waals surface area contributed by atoms with Crippen LogP contribution in [0.1, 0.15) is 76.6 Å². The molecule has 2 aromatic carbocycles. The lowest BCUT2D eigenvalue weighted by Crippen LogP contribution is -2.66. The molecule has 2 bridgehead atoms. The summed E-state index contributed by atoms with van der Waals surface area (Å²) in [6, 6.07) is 15.7. The van der Waals surface area contributed by atoms with Gasteiger partial charge in [-0.25, -0.2) is 0 Å². The number of aromatic nitrogens is 1. The smallest absolute Gasteiger partial charge is 0.116 e. The minimum absolute atomic E-state index is 0.117. The summed E-state index contributed by atoms with van der Waals surface area (Å²) in [5, 5.41) is 11.3. The van der Waals surface area contributed by atoms with Gasteiger partial charge in [-0.1, -0.05) is 53.7 Å². The molecule has 4 atom stereocenters. The molecule has 3 saturated heterocycles. The molecule has 0 amide bonds. The van der Waals surface area contributed by atoms with Crippen LogP contribution in [-0.4, -0.2) is 33.7 Å². The molecule has 3 heteroatoms. The number of phenolic OH excluding ortho intramolecular Hbond substituents is 1. The lowest BCUT2D eigenvalue weighted by Gasteiger charge is -2.57. The second kappa shape index (κ2) is 9.27. The first-order chi connectivity index (χ1) is 17.4. The first kappa shape index (κ1) is 26.0. The molecule has 3 fully saturated rings. The number of benzene rings is 2. The van der Waals surface area contributed by atoms with E-state index in [0.29, 0.717) is 17.7 Å². The van der Waals surface area contributed by atoms with E-state index >= 15 is 0 Å². The fourth-order valence-corrected chi connectivity index (χ4v) is 6.95. The molecule has 3 nitrogen and oxygen atoms in total. The lowest BCUT2D eigenvalue weighted by atomic mass is 9.71. The van der Waals surface area contributed by atoms with E-state index in [1.165, 1.54) is 48.2 Å².